The Bertz CT molecular complexity index is 570. The minimum absolute atomic E-state index is 0.925. The Balaban J connectivity index is 1.73. The quantitative estimate of drug-likeness (QED) is 0.835. The molecule has 0 amide bonds. The third-order valence-electron chi connectivity index (χ3n) is 4.39. The molecule has 1 saturated heterocycles. The lowest BCUT2D eigenvalue weighted by atomic mass is 9.92. The number of anilines is 1. The number of fused-ring (bicyclic) bond motifs is 1. The molecule has 3 nitrogen and oxygen atoms in total. The molecule has 0 aromatic carbocycles. The molecule has 108 valence electrons. The van der Waals surface area contributed by atoms with Gasteiger partial charge in [-0.05, 0) is 36.6 Å². The van der Waals surface area contributed by atoms with Crippen molar-refractivity contribution < 1.29 is 0 Å². The first-order chi connectivity index (χ1) is 9.79. The first kappa shape index (κ1) is 13.8. The number of hydrogen-bond acceptors (Lipinski definition) is 4. The van der Waals surface area contributed by atoms with Crippen LogP contribution in [0.4, 0.5) is 5.82 Å². The smallest absolute Gasteiger partial charge is 0.150 e. The van der Waals surface area contributed by atoms with Crippen molar-refractivity contribution in [1.82, 2.24) is 9.97 Å². The number of aromatic nitrogens is 2. The highest BCUT2D eigenvalue weighted by Crippen LogP contribution is 2.33. The molecule has 3 rings (SSSR count). The molecule has 2 aromatic heterocycles. The lowest BCUT2D eigenvalue weighted by Crippen LogP contribution is -2.34. The normalized spacial score (nSPS) is 17.0. The van der Waals surface area contributed by atoms with Gasteiger partial charge in [-0.15, -0.1) is 11.3 Å². The van der Waals surface area contributed by atoms with Gasteiger partial charge in [-0.3, -0.25) is 0 Å². The van der Waals surface area contributed by atoms with Crippen LogP contribution in [0, 0.1) is 12.8 Å². The molecule has 0 spiro atoms. The van der Waals surface area contributed by atoms with Crippen molar-refractivity contribution in [3.05, 3.63) is 17.3 Å². The van der Waals surface area contributed by atoms with E-state index in [-0.39, 0.29) is 0 Å². The highest BCUT2D eigenvalue weighted by Gasteiger charge is 2.22. The van der Waals surface area contributed by atoms with Crippen LogP contribution in [0.25, 0.3) is 10.2 Å². The van der Waals surface area contributed by atoms with E-state index in [1.54, 1.807) is 17.7 Å². The largest absolute Gasteiger partial charge is 0.355 e. The van der Waals surface area contributed by atoms with E-state index < -0.39 is 0 Å². The van der Waals surface area contributed by atoms with Crippen molar-refractivity contribution in [2.24, 2.45) is 5.92 Å². The van der Waals surface area contributed by atoms with Crippen LogP contribution in [-0.4, -0.2) is 23.1 Å². The average Bonchev–Trinajstić information content (AvgIpc) is 2.87. The summed E-state index contributed by atoms with van der Waals surface area (Å²) in [5, 5.41) is 2.19. The topological polar surface area (TPSA) is 29.0 Å². The Hall–Kier alpha value is -1.16. The Morgan fingerprint density at radius 1 is 1.30 bits per heavy atom. The molecule has 0 N–H and O–H groups in total. The van der Waals surface area contributed by atoms with Gasteiger partial charge in [0.2, 0.25) is 0 Å². The fraction of sp³-hybridized carbons (Fsp3) is 0.625. The summed E-state index contributed by atoms with van der Waals surface area (Å²) in [6.45, 7) is 6.72. The van der Waals surface area contributed by atoms with Crippen LogP contribution in [0.15, 0.2) is 11.7 Å². The monoisotopic (exact) mass is 289 g/mol. The number of rotatable bonds is 4. The van der Waals surface area contributed by atoms with Crippen LogP contribution in [0.2, 0.25) is 0 Å². The van der Waals surface area contributed by atoms with E-state index in [9.17, 15) is 0 Å². The molecule has 0 aliphatic carbocycles. The van der Waals surface area contributed by atoms with E-state index in [0.717, 1.165) is 30.3 Å². The molecule has 1 aliphatic heterocycles. The Morgan fingerprint density at radius 2 is 2.10 bits per heavy atom. The minimum Gasteiger partial charge on any atom is -0.355 e. The van der Waals surface area contributed by atoms with Gasteiger partial charge in [-0.25, -0.2) is 9.97 Å². The van der Waals surface area contributed by atoms with Crippen molar-refractivity contribution in [3.63, 3.8) is 0 Å². The van der Waals surface area contributed by atoms with Crippen molar-refractivity contribution >= 4 is 27.4 Å². The summed E-state index contributed by atoms with van der Waals surface area (Å²) in [7, 11) is 0. The number of aryl methyl sites for hydroxylation is 1. The van der Waals surface area contributed by atoms with Crippen molar-refractivity contribution in [2.75, 3.05) is 18.0 Å². The predicted molar refractivity (Wildman–Crippen MR) is 86.6 cm³/mol. The zero-order chi connectivity index (χ0) is 13.9. The van der Waals surface area contributed by atoms with Crippen LogP contribution >= 0.6 is 11.3 Å². The second-order valence-corrected chi connectivity index (χ2v) is 6.75. The number of nitrogens with zero attached hydrogens (tertiary/aromatic N) is 3. The molecule has 0 bridgehead atoms. The summed E-state index contributed by atoms with van der Waals surface area (Å²) in [5.74, 6) is 2.08. The molecular weight excluding hydrogens is 266 g/mol. The van der Waals surface area contributed by atoms with Crippen molar-refractivity contribution in [2.45, 2.75) is 46.0 Å². The molecule has 4 heteroatoms. The molecule has 2 aromatic rings. The van der Waals surface area contributed by atoms with Crippen LogP contribution in [-0.2, 0) is 0 Å². The lowest BCUT2D eigenvalue weighted by Gasteiger charge is -2.33. The summed E-state index contributed by atoms with van der Waals surface area (Å²) in [6, 6.07) is 0. The molecule has 0 radical (unpaired) electrons. The molecule has 20 heavy (non-hydrogen) atoms. The Kier molecular flexibility index (Phi) is 4.20. The van der Waals surface area contributed by atoms with Gasteiger partial charge >= 0.3 is 0 Å². The average molecular weight is 289 g/mol. The maximum atomic E-state index is 4.56. The van der Waals surface area contributed by atoms with E-state index in [1.807, 2.05) is 0 Å². The van der Waals surface area contributed by atoms with Crippen molar-refractivity contribution in [3.8, 4) is 0 Å². The molecule has 0 atom stereocenters. The summed E-state index contributed by atoms with van der Waals surface area (Å²) in [6.07, 6.45) is 8.46. The van der Waals surface area contributed by atoms with Gasteiger partial charge in [0, 0.05) is 13.1 Å². The zero-order valence-corrected chi connectivity index (χ0v) is 13.2. The van der Waals surface area contributed by atoms with Crippen LogP contribution in [0.5, 0.6) is 0 Å². The van der Waals surface area contributed by atoms with Gasteiger partial charge in [0.05, 0.1) is 10.2 Å². The van der Waals surface area contributed by atoms with Gasteiger partial charge in [0.15, 0.2) is 0 Å². The SMILES string of the molecule is CCCCC1CCN(c2ncnc3c(C)csc23)CC1. The van der Waals surface area contributed by atoms with Crippen LogP contribution in [0.3, 0.4) is 0 Å². The number of thiophene rings is 1. The van der Waals surface area contributed by atoms with Gasteiger partial charge in [-0.1, -0.05) is 26.2 Å². The van der Waals surface area contributed by atoms with Gasteiger partial charge in [0.25, 0.3) is 0 Å². The first-order valence-corrected chi connectivity index (χ1v) is 8.61. The predicted octanol–water partition coefficient (Wildman–Crippen LogP) is 4.41. The number of piperidine rings is 1. The van der Waals surface area contributed by atoms with Gasteiger partial charge in [-0.2, -0.15) is 0 Å². The summed E-state index contributed by atoms with van der Waals surface area (Å²) in [5.41, 5.74) is 2.40. The molecule has 0 saturated carbocycles. The third kappa shape index (κ3) is 2.66. The fourth-order valence-electron chi connectivity index (χ4n) is 3.11. The van der Waals surface area contributed by atoms with Crippen LogP contribution < -0.4 is 4.90 Å². The molecule has 0 unspecified atom stereocenters. The summed E-state index contributed by atoms with van der Waals surface area (Å²) < 4.78 is 1.26. The van der Waals surface area contributed by atoms with Gasteiger partial charge < -0.3 is 4.90 Å². The van der Waals surface area contributed by atoms with E-state index >= 15 is 0 Å². The van der Waals surface area contributed by atoms with Gasteiger partial charge in [0.1, 0.15) is 12.1 Å². The molecular formula is C16H23N3S. The Morgan fingerprint density at radius 3 is 2.85 bits per heavy atom. The highest BCUT2D eigenvalue weighted by atomic mass is 32.1. The maximum Gasteiger partial charge on any atom is 0.150 e. The summed E-state index contributed by atoms with van der Waals surface area (Å²) in [4.78, 5) is 11.4. The highest BCUT2D eigenvalue weighted by molar-refractivity contribution is 7.18. The maximum absolute atomic E-state index is 4.56. The van der Waals surface area contributed by atoms with E-state index in [0.29, 0.717) is 0 Å². The number of hydrogen-bond donors (Lipinski definition) is 0. The molecule has 1 aliphatic rings. The zero-order valence-electron chi connectivity index (χ0n) is 12.4. The standard InChI is InChI=1S/C16H23N3S/c1-3-4-5-13-6-8-19(9-7-13)16-15-14(17-11-18-16)12(2)10-20-15/h10-11,13H,3-9H2,1-2H3. The van der Waals surface area contributed by atoms with E-state index in [4.69, 9.17) is 0 Å². The first-order valence-electron chi connectivity index (χ1n) is 7.73. The Labute approximate surface area is 125 Å². The lowest BCUT2D eigenvalue weighted by molar-refractivity contribution is 0.371. The van der Waals surface area contributed by atoms with E-state index in [2.05, 4.69) is 34.1 Å². The number of unbranched alkanes of at least 4 members (excludes halogenated alkanes) is 1. The molecule has 1 fully saturated rings. The fourth-order valence-corrected chi connectivity index (χ4v) is 4.13. The molecule has 3 heterocycles. The second kappa shape index (κ2) is 6.08. The summed E-state index contributed by atoms with van der Waals surface area (Å²) >= 11 is 1.78. The van der Waals surface area contributed by atoms with E-state index in [1.165, 1.54) is 42.4 Å². The third-order valence-corrected chi connectivity index (χ3v) is 5.48. The van der Waals surface area contributed by atoms with Crippen LogP contribution in [0.1, 0.15) is 44.6 Å². The van der Waals surface area contributed by atoms with Crippen molar-refractivity contribution in [1.29, 1.82) is 0 Å². The second-order valence-electron chi connectivity index (χ2n) is 5.87. The minimum atomic E-state index is 0.925.